The van der Waals surface area contributed by atoms with Gasteiger partial charge in [0.2, 0.25) is 0 Å². The van der Waals surface area contributed by atoms with E-state index in [4.69, 9.17) is 4.74 Å². The van der Waals surface area contributed by atoms with Gasteiger partial charge >= 0.3 is 5.69 Å². The lowest BCUT2D eigenvalue weighted by Crippen LogP contribution is -2.41. The Kier molecular flexibility index (Phi) is 3.79. The standard InChI is InChI=1S/C15H19N3O3/c1-21-12-7-4-6-11-13(12)17-15(20)18(14(11)19)10-5-2-3-8-16-9-10/h4,6-7,10,16H,2-3,5,8-9H2,1H3,(H,17,20). The van der Waals surface area contributed by atoms with E-state index in [9.17, 15) is 9.59 Å². The molecule has 21 heavy (non-hydrogen) atoms. The molecular weight excluding hydrogens is 270 g/mol. The van der Waals surface area contributed by atoms with Crippen molar-refractivity contribution in [1.82, 2.24) is 14.9 Å². The molecule has 1 aliphatic heterocycles. The van der Waals surface area contributed by atoms with Gasteiger partial charge in [0, 0.05) is 6.54 Å². The number of aromatic amines is 1. The Morgan fingerprint density at radius 2 is 2.14 bits per heavy atom. The smallest absolute Gasteiger partial charge is 0.329 e. The molecule has 2 N–H and O–H groups in total. The zero-order valence-corrected chi connectivity index (χ0v) is 12.0. The Bertz CT molecular complexity index is 755. The predicted molar refractivity (Wildman–Crippen MR) is 81.1 cm³/mol. The van der Waals surface area contributed by atoms with Crippen molar-refractivity contribution < 1.29 is 4.74 Å². The van der Waals surface area contributed by atoms with E-state index in [0.717, 1.165) is 25.8 Å². The number of fused-ring (bicyclic) bond motifs is 1. The second-order valence-corrected chi connectivity index (χ2v) is 5.34. The molecule has 0 aliphatic carbocycles. The van der Waals surface area contributed by atoms with Crippen LogP contribution in [0.25, 0.3) is 10.9 Å². The van der Waals surface area contributed by atoms with Crippen LogP contribution in [-0.2, 0) is 0 Å². The Morgan fingerprint density at radius 3 is 2.95 bits per heavy atom. The maximum Gasteiger partial charge on any atom is 0.329 e. The van der Waals surface area contributed by atoms with Crippen LogP contribution in [0, 0.1) is 0 Å². The molecule has 2 aromatic rings. The van der Waals surface area contributed by atoms with E-state index in [1.54, 1.807) is 18.2 Å². The highest BCUT2D eigenvalue weighted by molar-refractivity contribution is 5.83. The number of rotatable bonds is 2. The van der Waals surface area contributed by atoms with Gasteiger partial charge in [-0.2, -0.15) is 0 Å². The van der Waals surface area contributed by atoms with E-state index in [2.05, 4.69) is 10.3 Å². The Morgan fingerprint density at radius 1 is 1.29 bits per heavy atom. The van der Waals surface area contributed by atoms with Gasteiger partial charge in [0.05, 0.1) is 24.1 Å². The van der Waals surface area contributed by atoms with E-state index in [1.165, 1.54) is 11.7 Å². The number of H-pyrrole nitrogens is 1. The van der Waals surface area contributed by atoms with Crippen LogP contribution < -0.4 is 21.3 Å². The van der Waals surface area contributed by atoms with Gasteiger partial charge in [-0.15, -0.1) is 0 Å². The highest BCUT2D eigenvalue weighted by atomic mass is 16.5. The topological polar surface area (TPSA) is 76.1 Å². The van der Waals surface area contributed by atoms with Gasteiger partial charge in [0.25, 0.3) is 5.56 Å². The van der Waals surface area contributed by atoms with Crippen LogP contribution in [0.1, 0.15) is 25.3 Å². The number of benzene rings is 1. The zero-order valence-electron chi connectivity index (χ0n) is 12.0. The third-order valence-electron chi connectivity index (χ3n) is 4.03. The van der Waals surface area contributed by atoms with Crippen LogP contribution in [0.15, 0.2) is 27.8 Å². The van der Waals surface area contributed by atoms with E-state index in [-0.39, 0.29) is 17.3 Å². The van der Waals surface area contributed by atoms with Gasteiger partial charge < -0.3 is 15.0 Å². The SMILES string of the molecule is COc1cccc2c(=O)n(C3CCCCNC3)c(=O)[nH]c12. The highest BCUT2D eigenvalue weighted by Crippen LogP contribution is 2.20. The summed E-state index contributed by atoms with van der Waals surface area (Å²) in [4.78, 5) is 27.8. The maximum absolute atomic E-state index is 12.7. The van der Waals surface area contributed by atoms with Crippen molar-refractivity contribution in [2.45, 2.75) is 25.3 Å². The van der Waals surface area contributed by atoms with Gasteiger partial charge in [-0.25, -0.2) is 4.79 Å². The average Bonchev–Trinajstić information content (AvgIpc) is 2.76. The molecule has 2 heterocycles. The van der Waals surface area contributed by atoms with Crippen molar-refractivity contribution in [2.24, 2.45) is 0 Å². The molecule has 1 aromatic carbocycles. The number of hydrogen-bond acceptors (Lipinski definition) is 4. The fourth-order valence-electron chi connectivity index (χ4n) is 2.95. The summed E-state index contributed by atoms with van der Waals surface area (Å²) < 4.78 is 6.56. The summed E-state index contributed by atoms with van der Waals surface area (Å²) in [6.45, 7) is 1.59. The normalized spacial score (nSPS) is 19.4. The lowest BCUT2D eigenvalue weighted by atomic mass is 10.1. The second-order valence-electron chi connectivity index (χ2n) is 5.34. The van der Waals surface area contributed by atoms with Crippen molar-refractivity contribution in [3.05, 3.63) is 39.0 Å². The van der Waals surface area contributed by atoms with Crippen LogP contribution in [0.2, 0.25) is 0 Å². The van der Waals surface area contributed by atoms with E-state index in [0.29, 0.717) is 23.2 Å². The second kappa shape index (κ2) is 5.73. The summed E-state index contributed by atoms with van der Waals surface area (Å²) in [5, 5.41) is 3.77. The summed E-state index contributed by atoms with van der Waals surface area (Å²) in [5.74, 6) is 0.507. The molecule has 3 rings (SSSR count). The molecule has 1 fully saturated rings. The first kappa shape index (κ1) is 13.9. The lowest BCUT2D eigenvalue weighted by Gasteiger charge is -2.17. The van der Waals surface area contributed by atoms with Gasteiger partial charge in [0.15, 0.2) is 0 Å². The van der Waals surface area contributed by atoms with Crippen molar-refractivity contribution in [1.29, 1.82) is 0 Å². The molecule has 6 heteroatoms. The third kappa shape index (κ3) is 2.47. The minimum atomic E-state index is -0.370. The summed E-state index contributed by atoms with van der Waals surface area (Å²) in [6.07, 6.45) is 2.93. The zero-order chi connectivity index (χ0) is 14.8. The average molecular weight is 289 g/mol. The minimum absolute atomic E-state index is 0.0978. The van der Waals surface area contributed by atoms with Crippen LogP contribution in [-0.4, -0.2) is 29.8 Å². The van der Waals surface area contributed by atoms with Gasteiger partial charge in [-0.05, 0) is 31.5 Å². The molecule has 1 atom stereocenters. The number of nitrogens with zero attached hydrogens (tertiary/aromatic N) is 1. The Balaban J connectivity index is 2.20. The van der Waals surface area contributed by atoms with Crippen LogP contribution in [0.4, 0.5) is 0 Å². The monoisotopic (exact) mass is 289 g/mol. The number of methoxy groups -OCH3 is 1. The fraction of sp³-hybridized carbons (Fsp3) is 0.467. The number of hydrogen-bond donors (Lipinski definition) is 2. The molecule has 1 aromatic heterocycles. The van der Waals surface area contributed by atoms with Crippen LogP contribution in [0.3, 0.4) is 0 Å². The molecule has 0 bridgehead atoms. The van der Waals surface area contributed by atoms with Crippen LogP contribution in [0.5, 0.6) is 5.75 Å². The first-order valence-electron chi connectivity index (χ1n) is 7.24. The van der Waals surface area contributed by atoms with Crippen LogP contribution >= 0.6 is 0 Å². The number of para-hydroxylation sites is 1. The van der Waals surface area contributed by atoms with Crippen molar-refractivity contribution in [2.75, 3.05) is 20.2 Å². The first-order valence-corrected chi connectivity index (χ1v) is 7.24. The fourth-order valence-corrected chi connectivity index (χ4v) is 2.95. The minimum Gasteiger partial charge on any atom is -0.495 e. The van der Waals surface area contributed by atoms with Crippen molar-refractivity contribution in [3.8, 4) is 5.75 Å². The predicted octanol–water partition coefficient (Wildman–Crippen LogP) is 1.01. The summed E-state index contributed by atoms with van der Waals surface area (Å²) >= 11 is 0. The van der Waals surface area contributed by atoms with E-state index < -0.39 is 0 Å². The molecule has 0 radical (unpaired) electrons. The summed E-state index contributed by atoms with van der Waals surface area (Å²) in [6, 6.07) is 5.11. The molecule has 1 saturated heterocycles. The molecule has 0 spiro atoms. The molecule has 112 valence electrons. The number of nitrogens with one attached hydrogen (secondary N) is 2. The lowest BCUT2D eigenvalue weighted by molar-refractivity contribution is 0.416. The number of ether oxygens (including phenoxy) is 1. The molecule has 1 unspecified atom stereocenters. The number of aromatic nitrogens is 2. The quantitative estimate of drug-likeness (QED) is 0.865. The summed E-state index contributed by atoms with van der Waals surface area (Å²) in [5.41, 5.74) is -0.153. The molecule has 1 aliphatic rings. The Hall–Kier alpha value is -2.08. The molecule has 6 nitrogen and oxygen atoms in total. The van der Waals surface area contributed by atoms with E-state index in [1.807, 2.05) is 0 Å². The van der Waals surface area contributed by atoms with Crippen molar-refractivity contribution in [3.63, 3.8) is 0 Å². The van der Waals surface area contributed by atoms with Gasteiger partial charge in [-0.1, -0.05) is 12.5 Å². The molecule has 0 saturated carbocycles. The third-order valence-corrected chi connectivity index (χ3v) is 4.03. The molecular formula is C15H19N3O3. The maximum atomic E-state index is 12.7. The summed E-state index contributed by atoms with van der Waals surface area (Å²) in [7, 11) is 1.52. The largest absolute Gasteiger partial charge is 0.495 e. The highest BCUT2D eigenvalue weighted by Gasteiger charge is 2.19. The molecule has 0 amide bonds. The Labute approximate surface area is 121 Å². The van der Waals surface area contributed by atoms with E-state index >= 15 is 0 Å². The first-order chi connectivity index (χ1) is 10.2. The van der Waals surface area contributed by atoms with Crippen molar-refractivity contribution >= 4 is 10.9 Å². The van der Waals surface area contributed by atoms with Gasteiger partial charge in [0.1, 0.15) is 5.75 Å². The van der Waals surface area contributed by atoms with Gasteiger partial charge in [-0.3, -0.25) is 9.36 Å².